The number of carbonyl (C=O) groups is 1. The Morgan fingerprint density at radius 2 is 1.65 bits per heavy atom. The van der Waals surface area contributed by atoms with Crippen molar-refractivity contribution in [3.63, 3.8) is 0 Å². The van der Waals surface area contributed by atoms with Gasteiger partial charge in [0.2, 0.25) is 5.91 Å². The summed E-state index contributed by atoms with van der Waals surface area (Å²) in [6.07, 6.45) is 2.46. The lowest BCUT2D eigenvalue weighted by atomic mass is 10.1. The molecule has 0 aromatic heterocycles. The van der Waals surface area contributed by atoms with E-state index in [2.05, 4.69) is 41.7 Å². The third-order valence-electron chi connectivity index (χ3n) is 3.85. The molecule has 2 aromatic carbocycles. The monoisotopic (exact) mass is 265 g/mol. The molecule has 0 heterocycles. The molecule has 1 aliphatic rings. The number of aryl methyl sites for hydroxylation is 1. The van der Waals surface area contributed by atoms with Gasteiger partial charge in [0.05, 0.1) is 0 Å². The molecule has 0 aliphatic heterocycles. The van der Waals surface area contributed by atoms with E-state index in [0.717, 1.165) is 12.8 Å². The Morgan fingerprint density at radius 3 is 2.35 bits per heavy atom. The zero-order chi connectivity index (χ0) is 13.8. The Labute approximate surface area is 119 Å². The second kappa shape index (κ2) is 5.91. The fraction of sp³-hybridized carbons (Fsp3) is 0.278. The Hall–Kier alpha value is -2.09. The number of nitrogens with one attached hydrogen (secondary N) is 1. The summed E-state index contributed by atoms with van der Waals surface area (Å²) in [6.45, 7) is 0. The van der Waals surface area contributed by atoms with Crippen molar-refractivity contribution in [2.24, 2.45) is 0 Å². The topological polar surface area (TPSA) is 29.1 Å². The zero-order valence-corrected chi connectivity index (χ0v) is 11.5. The van der Waals surface area contributed by atoms with Crippen LogP contribution in [0.15, 0.2) is 60.7 Å². The fourth-order valence-electron chi connectivity index (χ4n) is 2.60. The molecule has 0 unspecified atom stereocenters. The van der Waals surface area contributed by atoms with Crippen LogP contribution in [0.1, 0.15) is 29.9 Å². The second-order valence-electron chi connectivity index (χ2n) is 5.41. The molecule has 2 atom stereocenters. The Balaban J connectivity index is 1.45. The molecule has 102 valence electrons. The number of rotatable bonds is 5. The SMILES string of the molecule is O=C(CCc1ccccc1)N[C@@H]1C[C@H]1c1ccccc1. The average Bonchev–Trinajstić information content (AvgIpc) is 3.26. The predicted molar refractivity (Wildman–Crippen MR) is 80.5 cm³/mol. The summed E-state index contributed by atoms with van der Waals surface area (Å²) < 4.78 is 0. The minimum atomic E-state index is 0.164. The van der Waals surface area contributed by atoms with E-state index in [9.17, 15) is 4.79 Å². The van der Waals surface area contributed by atoms with E-state index in [1.807, 2.05) is 24.3 Å². The standard InChI is InChI=1S/C18H19NO/c20-18(12-11-14-7-3-1-4-8-14)19-17-13-16(17)15-9-5-2-6-10-15/h1-10,16-17H,11-13H2,(H,19,20)/t16-,17+/m0/s1. The van der Waals surface area contributed by atoms with Crippen molar-refractivity contribution in [3.05, 3.63) is 71.8 Å². The van der Waals surface area contributed by atoms with Gasteiger partial charge < -0.3 is 5.32 Å². The van der Waals surface area contributed by atoms with Gasteiger partial charge in [-0.1, -0.05) is 60.7 Å². The average molecular weight is 265 g/mol. The Kier molecular flexibility index (Phi) is 3.82. The van der Waals surface area contributed by atoms with Gasteiger partial charge in [-0.05, 0) is 24.0 Å². The van der Waals surface area contributed by atoms with Gasteiger partial charge in [-0.25, -0.2) is 0 Å². The molecular weight excluding hydrogens is 246 g/mol. The molecule has 1 saturated carbocycles. The fourth-order valence-corrected chi connectivity index (χ4v) is 2.60. The van der Waals surface area contributed by atoms with E-state index >= 15 is 0 Å². The van der Waals surface area contributed by atoms with E-state index in [1.54, 1.807) is 0 Å². The molecule has 1 amide bonds. The van der Waals surface area contributed by atoms with Crippen LogP contribution in [0, 0.1) is 0 Å². The molecule has 2 nitrogen and oxygen atoms in total. The van der Waals surface area contributed by atoms with E-state index in [4.69, 9.17) is 0 Å². The maximum absolute atomic E-state index is 11.9. The Morgan fingerprint density at radius 1 is 1.00 bits per heavy atom. The van der Waals surface area contributed by atoms with E-state index < -0.39 is 0 Å². The molecule has 0 radical (unpaired) electrons. The first kappa shape index (κ1) is 12.9. The molecule has 0 bridgehead atoms. The van der Waals surface area contributed by atoms with E-state index in [-0.39, 0.29) is 5.91 Å². The molecule has 0 spiro atoms. The minimum Gasteiger partial charge on any atom is -0.353 e. The lowest BCUT2D eigenvalue weighted by molar-refractivity contribution is -0.121. The molecular formula is C18H19NO. The van der Waals surface area contributed by atoms with Gasteiger partial charge in [0.1, 0.15) is 0 Å². The summed E-state index contributed by atoms with van der Waals surface area (Å²) in [4.78, 5) is 11.9. The number of carbonyl (C=O) groups excluding carboxylic acids is 1. The van der Waals surface area contributed by atoms with Gasteiger partial charge in [0.25, 0.3) is 0 Å². The van der Waals surface area contributed by atoms with Crippen LogP contribution in [-0.4, -0.2) is 11.9 Å². The largest absolute Gasteiger partial charge is 0.353 e. The molecule has 0 saturated heterocycles. The van der Waals surface area contributed by atoms with Crippen molar-refractivity contribution < 1.29 is 4.79 Å². The molecule has 2 heteroatoms. The summed E-state index contributed by atoms with van der Waals surface area (Å²) in [5, 5.41) is 3.13. The first-order valence-electron chi connectivity index (χ1n) is 7.21. The first-order chi connectivity index (χ1) is 9.83. The van der Waals surface area contributed by atoms with Crippen LogP contribution < -0.4 is 5.32 Å². The molecule has 1 fully saturated rings. The van der Waals surface area contributed by atoms with Gasteiger partial charge in [-0.2, -0.15) is 0 Å². The summed E-state index contributed by atoms with van der Waals surface area (Å²) in [5.74, 6) is 0.675. The highest BCUT2D eigenvalue weighted by Gasteiger charge is 2.39. The van der Waals surface area contributed by atoms with Crippen LogP contribution in [0.4, 0.5) is 0 Å². The summed E-state index contributed by atoms with van der Waals surface area (Å²) >= 11 is 0. The number of benzene rings is 2. The maximum Gasteiger partial charge on any atom is 0.220 e. The minimum absolute atomic E-state index is 0.164. The van der Waals surface area contributed by atoms with Crippen molar-refractivity contribution >= 4 is 5.91 Å². The van der Waals surface area contributed by atoms with Gasteiger partial charge in [-0.15, -0.1) is 0 Å². The van der Waals surface area contributed by atoms with Crippen LogP contribution in [0.5, 0.6) is 0 Å². The van der Waals surface area contributed by atoms with Crippen molar-refractivity contribution in [3.8, 4) is 0 Å². The highest BCUT2D eigenvalue weighted by Crippen LogP contribution is 2.40. The third-order valence-corrected chi connectivity index (χ3v) is 3.85. The third kappa shape index (κ3) is 3.27. The van der Waals surface area contributed by atoms with Gasteiger partial charge in [0.15, 0.2) is 0 Å². The second-order valence-corrected chi connectivity index (χ2v) is 5.41. The zero-order valence-electron chi connectivity index (χ0n) is 11.5. The van der Waals surface area contributed by atoms with Crippen LogP contribution in [0.2, 0.25) is 0 Å². The molecule has 1 N–H and O–H groups in total. The van der Waals surface area contributed by atoms with E-state index in [0.29, 0.717) is 18.4 Å². The van der Waals surface area contributed by atoms with Crippen LogP contribution in [0.3, 0.4) is 0 Å². The number of hydrogen-bond acceptors (Lipinski definition) is 1. The molecule has 2 aromatic rings. The summed E-state index contributed by atoms with van der Waals surface area (Å²) in [6, 6.07) is 20.9. The summed E-state index contributed by atoms with van der Waals surface area (Å²) in [7, 11) is 0. The van der Waals surface area contributed by atoms with E-state index in [1.165, 1.54) is 11.1 Å². The first-order valence-corrected chi connectivity index (χ1v) is 7.21. The van der Waals surface area contributed by atoms with Crippen molar-refractivity contribution in [1.29, 1.82) is 0 Å². The highest BCUT2D eigenvalue weighted by molar-refractivity contribution is 5.77. The number of hydrogen-bond donors (Lipinski definition) is 1. The van der Waals surface area contributed by atoms with Crippen LogP contribution >= 0.6 is 0 Å². The maximum atomic E-state index is 11.9. The normalized spacial score (nSPS) is 20.4. The summed E-state index contributed by atoms with van der Waals surface area (Å²) in [5.41, 5.74) is 2.55. The van der Waals surface area contributed by atoms with Crippen LogP contribution in [-0.2, 0) is 11.2 Å². The quantitative estimate of drug-likeness (QED) is 0.883. The van der Waals surface area contributed by atoms with Crippen LogP contribution in [0.25, 0.3) is 0 Å². The smallest absolute Gasteiger partial charge is 0.220 e. The molecule has 1 aliphatic carbocycles. The molecule has 3 rings (SSSR count). The Bertz CT molecular complexity index is 564. The van der Waals surface area contributed by atoms with Gasteiger partial charge in [-0.3, -0.25) is 4.79 Å². The number of amides is 1. The van der Waals surface area contributed by atoms with Gasteiger partial charge >= 0.3 is 0 Å². The van der Waals surface area contributed by atoms with Gasteiger partial charge in [0, 0.05) is 18.4 Å². The lowest BCUT2D eigenvalue weighted by Gasteiger charge is -2.05. The van der Waals surface area contributed by atoms with Crippen molar-refractivity contribution in [2.75, 3.05) is 0 Å². The highest BCUT2D eigenvalue weighted by atomic mass is 16.1. The van der Waals surface area contributed by atoms with Crippen molar-refractivity contribution in [1.82, 2.24) is 5.32 Å². The lowest BCUT2D eigenvalue weighted by Crippen LogP contribution is -2.26. The van der Waals surface area contributed by atoms with Crippen molar-refractivity contribution in [2.45, 2.75) is 31.2 Å². The molecule has 20 heavy (non-hydrogen) atoms. The predicted octanol–water partition coefficient (Wildman–Crippen LogP) is 3.29.